The molecule has 0 fully saturated rings. The van der Waals surface area contributed by atoms with Crippen molar-refractivity contribution in [2.24, 2.45) is 0 Å². The molecule has 1 aliphatic rings. The zero-order valence-corrected chi connectivity index (χ0v) is 10.7. The highest BCUT2D eigenvalue weighted by Crippen LogP contribution is 2.31. The highest BCUT2D eigenvalue weighted by Gasteiger charge is 2.32. The maximum atomic E-state index is 12.1. The number of anilines is 2. The Morgan fingerprint density at radius 3 is 2.55 bits per heavy atom. The van der Waals surface area contributed by atoms with Crippen LogP contribution in [-0.4, -0.2) is 22.3 Å². The number of carbonyl (C=O) groups excluding carboxylic acids is 1. The molecular weight excluding hydrogens is 256 g/mol. The van der Waals surface area contributed by atoms with Gasteiger partial charge in [-0.2, -0.15) is 0 Å². The van der Waals surface area contributed by atoms with Gasteiger partial charge in [0.15, 0.2) is 0 Å². The molecule has 5 heteroatoms. The third kappa shape index (κ3) is 2.19. The first-order valence-electron chi connectivity index (χ1n) is 6.31. The fourth-order valence-electron chi connectivity index (χ4n) is 2.31. The van der Waals surface area contributed by atoms with Gasteiger partial charge in [0.05, 0.1) is 11.4 Å². The summed E-state index contributed by atoms with van der Waals surface area (Å²) in [7, 11) is 0. The topological polar surface area (TPSA) is 72.8 Å². The number of benzene rings is 2. The minimum Gasteiger partial charge on any atom is -0.508 e. The predicted molar refractivity (Wildman–Crippen MR) is 74.9 cm³/mol. The number of hydrogen-bond acceptors (Lipinski definition) is 4. The fourth-order valence-corrected chi connectivity index (χ4v) is 2.31. The second-order valence-corrected chi connectivity index (χ2v) is 4.74. The Labute approximate surface area is 116 Å². The molecule has 2 aromatic rings. The Balaban J connectivity index is 1.87. The first kappa shape index (κ1) is 12.5. The smallest absolute Gasteiger partial charge is 0.250 e. The molecule has 1 atom stereocenters. The average molecular weight is 270 g/mol. The van der Waals surface area contributed by atoms with Crippen molar-refractivity contribution in [1.82, 2.24) is 0 Å². The third-order valence-electron chi connectivity index (χ3n) is 3.37. The molecule has 5 nitrogen and oxygen atoms in total. The third-order valence-corrected chi connectivity index (χ3v) is 3.37. The van der Waals surface area contributed by atoms with Crippen LogP contribution in [-0.2, 0) is 11.2 Å². The highest BCUT2D eigenvalue weighted by molar-refractivity contribution is 6.03. The van der Waals surface area contributed by atoms with Gasteiger partial charge in [-0.1, -0.05) is 24.3 Å². The highest BCUT2D eigenvalue weighted by atomic mass is 16.5. The van der Waals surface area contributed by atoms with Crippen molar-refractivity contribution in [3.05, 3.63) is 54.1 Å². The number of carbonyl (C=O) groups is 1. The molecule has 0 aliphatic carbocycles. The molecule has 0 radical (unpaired) electrons. The summed E-state index contributed by atoms with van der Waals surface area (Å²) in [5.74, 6) is -0.0766. The Morgan fingerprint density at radius 1 is 1.10 bits per heavy atom. The average Bonchev–Trinajstić information content (AvgIpc) is 2.45. The van der Waals surface area contributed by atoms with E-state index in [-0.39, 0.29) is 11.7 Å². The normalized spacial score (nSPS) is 17.6. The zero-order chi connectivity index (χ0) is 14.1. The largest absolute Gasteiger partial charge is 0.508 e. The molecule has 1 amide bonds. The van der Waals surface area contributed by atoms with Gasteiger partial charge in [0, 0.05) is 6.42 Å². The lowest BCUT2D eigenvalue weighted by Crippen LogP contribution is -2.47. The maximum absolute atomic E-state index is 12.1. The number of rotatable bonds is 2. The van der Waals surface area contributed by atoms with E-state index in [9.17, 15) is 15.1 Å². The number of phenols is 1. The molecule has 0 saturated carbocycles. The molecule has 2 aromatic carbocycles. The maximum Gasteiger partial charge on any atom is 0.250 e. The number of nitrogens with one attached hydrogen (secondary N) is 1. The Bertz CT molecular complexity index is 640. The number of phenolic OH excluding ortho intramolecular Hbond substituents is 1. The summed E-state index contributed by atoms with van der Waals surface area (Å²) >= 11 is 0. The number of nitrogens with zero attached hydrogens (tertiary/aromatic N) is 1. The van der Waals surface area contributed by atoms with E-state index in [4.69, 9.17) is 0 Å². The molecule has 0 bridgehead atoms. The first-order chi connectivity index (χ1) is 9.65. The van der Waals surface area contributed by atoms with Crippen LogP contribution >= 0.6 is 0 Å². The Hall–Kier alpha value is -2.53. The van der Waals surface area contributed by atoms with E-state index in [1.54, 1.807) is 48.5 Å². The minimum atomic E-state index is -0.686. The van der Waals surface area contributed by atoms with E-state index < -0.39 is 6.04 Å². The van der Waals surface area contributed by atoms with Crippen LogP contribution in [0.5, 0.6) is 5.75 Å². The summed E-state index contributed by atoms with van der Waals surface area (Å²) in [6.45, 7) is 0. The Kier molecular flexibility index (Phi) is 3.04. The summed E-state index contributed by atoms with van der Waals surface area (Å²) in [5.41, 5.74) is 2.04. The van der Waals surface area contributed by atoms with Crippen molar-refractivity contribution in [1.29, 1.82) is 0 Å². The Morgan fingerprint density at radius 2 is 1.80 bits per heavy atom. The first-order valence-corrected chi connectivity index (χ1v) is 6.31. The molecule has 0 saturated heterocycles. The van der Waals surface area contributed by atoms with E-state index in [1.807, 2.05) is 0 Å². The van der Waals surface area contributed by atoms with E-state index in [2.05, 4.69) is 5.32 Å². The van der Waals surface area contributed by atoms with Gasteiger partial charge in [0.1, 0.15) is 11.8 Å². The van der Waals surface area contributed by atoms with Gasteiger partial charge in [-0.05, 0) is 29.8 Å². The summed E-state index contributed by atoms with van der Waals surface area (Å²) < 4.78 is 0. The van der Waals surface area contributed by atoms with E-state index in [1.165, 1.54) is 0 Å². The van der Waals surface area contributed by atoms with E-state index in [0.29, 0.717) is 17.8 Å². The second-order valence-electron chi connectivity index (χ2n) is 4.74. The van der Waals surface area contributed by atoms with Gasteiger partial charge in [-0.25, -0.2) is 5.06 Å². The van der Waals surface area contributed by atoms with Crippen LogP contribution in [0.25, 0.3) is 0 Å². The molecule has 1 aliphatic heterocycles. The number of aromatic hydroxyl groups is 1. The molecule has 0 spiro atoms. The van der Waals surface area contributed by atoms with Gasteiger partial charge in [-0.15, -0.1) is 0 Å². The number of para-hydroxylation sites is 2. The molecule has 1 unspecified atom stereocenters. The van der Waals surface area contributed by atoms with Crippen molar-refractivity contribution in [2.45, 2.75) is 12.5 Å². The molecular formula is C15H14N2O3. The fraction of sp³-hybridized carbons (Fsp3) is 0.133. The quantitative estimate of drug-likeness (QED) is 0.782. The number of fused-ring (bicyclic) bond motifs is 1. The molecule has 1 heterocycles. The minimum absolute atomic E-state index is 0.174. The number of amides is 1. The number of hydroxylamine groups is 1. The SMILES string of the molecule is O=C1Nc2ccccc2N(O)C1Cc1ccc(O)cc1. The van der Waals surface area contributed by atoms with Crippen LogP contribution in [0.4, 0.5) is 11.4 Å². The summed E-state index contributed by atoms with van der Waals surface area (Å²) in [5, 5.41) is 23.3. The monoisotopic (exact) mass is 270 g/mol. The molecule has 20 heavy (non-hydrogen) atoms. The molecule has 0 aromatic heterocycles. The van der Waals surface area contributed by atoms with Gasteiger partial charge >= 0.3 is 0 Å². The van der Waals surface area contributed by atoms with Gasteiger partial charge in [0.2, 0.25) is 5.91 Å². The van der Waals surface area contributed by atoms with E-state index >= 15 is 0 Å². The zero-order valence-electron chi connectivity index (χ0n) is 10.7. The van der Waals surface area contributed by atoms with Crippen LogP contribution in [0.15, 0.2) is 48.5 Å². The molecule has 102 valence electrons. The summed E-state index contributed by atoms with van der Waals surface area (Å²) in [6.07, 6.45) is 0.358. The van der Waals surface area contributed by atoms with Crippen LogP contribution in [0, 0.1) is 0 Å². The second kappa shape index (κ2) is 4.86. The van der Waals surface area contributed by atoms with Gasteiger partial charge < -0.3 is 10.4 Å². The van der Waals surface area contributed by atoms with Crippen LogP contribution < -0.4 is 10.4 Å². The van der Waals surface area contributed by atoms with Crippen LogP contribution in [0.1, 0.15) is 5.56 Å². The van der Waals surface area contributed by atoms with Crippen molar-refractivity contribution >= 4 is 17.3 Å². The van der Waals surface area contributed by atoms with Gasteiger partial charge in [0.25, 0.3) is 0 Å². The summed E-state index contributed by atoms with van der Waals surface area (Å²) in [6, 6.07) is 13.0. The number of hydrogen-bond donors (Lipinski definition) is 3. The lowest BCUT2D eigenvalue weighted by Gasteiger charge is -2.33. The lowest BCUT2D eigenvalue weighted by atomic mass is 10.0. The molecule has 3 N–H and O–H groups in total. The van der Waals surface area contributed by atoms with Crippen molar-refractivity contribution < 1.29 is 15.1 Å². The van der Waals surface area contributed by atoms with Crippen molar-refractivity contribution in [3.8, 4) is 5.75 Å². The predicted octanol–water partition coefficient (Wildman–Crippen LogP) is 2.15. The van der Waals surface area contributed by atoms with Crippen molar-refractivity contribution in [3.63, 3.8) is 0 Å². The lowest BCUT2D eigenvalue weighted by molar-refractivity contribution is -0.119. The summed E-state index contributed by atoms with van der Waals surface area (Å²) in [4.78, 5) is 12.1. The van der Waals surface area contributed by atoms with Crippen LogP contribution in [0.3, 0.4) is 0 Å². The van der Waals surface area contributed by atoms with Gasteiger partial charge in [-0.3, -0.25) is 10.0 Å². The van der Waals surface area contributed by atoms with E-state index in [0.717, 1.165) is 10.6 Å². The van der Waals surface area contributed by atoms with Crippen LogP contribution in [0.2, 0.25) is 0 Å². The standard InChI is InChI=1S/C15H14N2O3/c18-11-7-5-10(6-8-11)9-14-15(19)16-12-3-1-2-4-13(12)17(14)20/h1-8,14,18,20H,9H2,(H,16,19). The molecule has 3 rings (SSSR count). The van der Waals surface area contributed by atoms with Crippen molar-refractivity contribution in [2.75, 3.05) is 10.4 Å².